The van der Waals surface area contributed by atoms with Crippen molar-refractivity contribution in [2.24, 2.45) is 5.92 Å². The molecule has 1 saturated carbocycles. The van der Waals surface area contributed by atoms with Crippen molar-refractivity contribution < 1.29 is 14.4 Å². The van der Waals surface area contributed by atoms with E-state index in [1.807, 2.05) is 24.3 Å². The Hall–Kier alpha value is -2.37. The molecule has 2 aliphatic carbocycles. The average molecular weight is 369 g/mol. The number of nitrogens with one attached hydrogen (secondary N) is 2. The second kappa shape index (κ2) is 7.33. The van der Waals surface area contributed by atoms with Crippen molar-refractivity contribution in [2.75, 3.05) is 13.1 Å². The predicted octanol–water partition coefficient (Wildman–Crippen LogP) is 2.47. The standard InChI is InChI=1S/C21H27N3O3/c25-18(22-13-15-7-2-1-3-8-15)14-24-19(26)21(23-20(24)27)12-6-10-16-9-4-5-11-17(16)21/h4-5,9,11,15H,1-3,6-8,10,12-14H2,(H,22,25)(H,23,27). The molecule has 4 amide bonds. The van der Waals surface area contributed by atoms with Crippen LogP contribution in [0.3, 0.4) is 0 Å². The zero-order valence-electron chi connectivity index (χ0n) is 15.6. The van der Waals surface area contributed by atoms with Crippen molar-refractivity contribution in [3.05, 3.63) is 35.4 Å². The number of hydrogen-bond acceptors (Lipinski definition) is 3. The summed E-state index contributed by atoms with van der Waals surface area (Å²) >= 11 is 0. The summed E-state index contributed by atoms with van der Waals surface area (Å²) in [5.74, 6) is -0.0416. The van der Waals surface area contributed by atoms with Crippen LogP contribution in [0.5, 0.6) is 0 Å². The molecule has 1 unspecified atom stereocenters. The van der Waals surface area contributed by atoms with Crippen molar-refractivity contribution in [2.45, 2.75) is 56.9 Å². The van der Waals surface area contributed by atoms with Crippen LogP contribution in [-0.4, -0.2) is 35.8 Å². The smallest absolute Gasteiger partial charge is 0.325 e. The van der Waals surface area contributed by atoms with Crippen LogP contribution in [0.1, 0.15) is 56.1 Å². The Bertz CT molecular complexity index is 757. The van der Waals surface area contributed by atoms with E-state index in [0.717, 1.165) is 41.7 Å². The van der Waals surface area contributed by atoms with Gasteiger partial charge >= 0.3 is 6.03 Å². The van der Waals surface area contributed by atoms with Gasteiger partial charge in [-0.25, -0.2) is 4.79 Å². The third kappa shape index (κ3) is 3.33. The van der Waals surface area contributed by atoms with Gasteiger partial charge in [-0.3, -0.25) is 14.5 Å². The largest absolute Gasteiger partial charge is 0.354 e. The molecule has 2 N–H and O–H groups in total. The average Bonchev–Trinajstić information content (AvgIpc) is 2.92. The fraction of sp³-hybridized carbons (Fsp3) is 0.571. The Kier molecular flexibility index (Phi) is 4.89. The first-order valence-electron chi connectivity index (χ1n) is 10.1. The summed E-state index contributed by atoms with van der Waals surface area (Å²) in [5, 5.41) is 5.81. The van der Waals surface area contributed by atoms with Gasteiger partial charge in [-0.05, 0) is 49.1 Å². The van der Waals surface area contributed by atoms with Gasteiger partial charge in [0.25, 0.3) is 5.91 Å². The molecule has 6 nitrogen and oxygen atoms in total. The van der Waals surface area contributed by atoms with E-state index < -0.39 is 11.6 Å². The third-order valence-corrected chi connectivity index (χ3v) is 6.27. The van der Waals surface area contributed by atoms with Gasteiger partial charge in [0, 0.05) is 6.54 Å². The maximum absolute atomic E-state index is 13.2. The summed E-state index contributed by atoms with van der Waals surface area (Å²) < 4.78 is 0. The van der Waals surface area contributed by atoms with Gasteiger partial charge in [-0.2, -0.15) is 0 Å². The van der Waals surface area contributed by atoms with E-state index in [4.69, 9.17) is 0 Å². The number of fused-ring (bicyclic) bond motifs is 2. The number of imide groups is 1. The van der Waals surface area contributed by atoms with E-state index in [1.54, 1.807) is 0 Å². The number of carbonyl (C=O) groups is 3. The Morgan fingerprint density at radius 2 is 1.93 bits per heavy atom. The molecule has 2 fully saturated rings. The number of aryl methyl sites for hydroxylation is 1. The Labute approximate surface area is 159 Å². The first-order valence-corrected chi connectivity index (χ1v) is 10.1. The molecular formula is C21H27N3O3. The van der Waals surface area contributed by atoms with Gasteiger partial charge < -0.3 is 10.6 Å². The SMILES string of the molecule is O=C(CN1C(=O)NC2(CCCc3ccccc32)C1=O)NCC1CCCCC1. The monoisotopic (exact) mass is 369 g/mol. The minimum absolute atomic E-state index is 0.207. The summed E-state index contributed by atoms with van der Waals surface area (Å²) in [7, 11) is 0. The van der Waals surface area contributed by atoms with Gasteiger partial charge in [0.1, 0.15) is 12.1 Å². The normalized spacial score (nSPS) is 25.4. The molecule has 6 heteroatoms. The third-order valence-electron chi connectivity index (χ3n) is 6.27. The lowest BCUT2D eigenvalue weighted by Gasteiger charge is -2.33. The Morgan fingerprint density at radius 1 is 1.15 bits per heavy atom. The Balaban J connectivity index is 1.44. The second-order valence-corrected chi connectivity index (χ2v) is 8.05. The van der Waals surface area contributed by atoms with E-state index >= 15 is 0 Å². The lowest BCUT2D eigenvalue weighted by molar-refractivity contribution is -0.135. The molecular weight excluding hydrogens is 342 g/mol. The molecule has 3 aliphatic rings. The van der Waals surface area contributed by atoms with Crippen molar-refractivity contribution in [1.29, 1.82) is 0 Å². The van der Waals surface area contributed by atoms with Crippen LogP contribution in [0.2, 0.25) is 0 Å². The highest BCUT2D eigenvalue weighted by atomic mass is 16.2. The quantitative estimate of drug-likeness (QED) is 0.801. The summed E-state index contributed by atoms with van der Waals surface area (Å²) in [5.41, 5.74) is 0.968. The molecule has 1 spiro atoms. The topological polar surface area (TPSA) is 78.5 Å². The zero-order valence-corrected chi connectivity index (χ0v) is 15.6. The molecule has 1 aliphatic heterocycles. The molecule has 1 aromatic carbocycles. The van der Waals surface area contributed by atoms with Crippen molar-refractivity contribution in [3.63, 3.8) is 0 Å². The maximum Gasteiger partial charge on any atom is 0.325 e. The van der Waals surface area contributed by atoms with Gasteiger partial charge in [-0.15, -0.1) is 0 Å². The van der Waals surface area contributed by atoms with Gasteiger partial charge in [0.2, 0.25) is 5.91 Å². The number of hydrogen-bond donors (Lipinski definition) is 2. The van der Waals surface area contributed by atoms with E-state index in [9.17, 15) is 14.4 Å². The lowest BCUT2D eigenvalue weighted by Crippen LogP contribution is -2.47. The molecule has 1 heterocycles. The molecule has 1 atom stereocenters. The van der Waals surface area contributed by atoms with Gasteiger partial charge in [-0.1, -0.05) is 43.5 Å². The maximum atomic E-state index is 13.2. The van der Waals surface area contributed by atoms with Crippen molar-refractivity contribution in [3.8, 4) is 0 Å². The van der Waals surface area contributed by atoms with Gasteiger partial charge in [0.05, 0.1) is 0 Å². The van der Waals surface area contributed by atoms with Crippen molar-refractivity contribution >= 4 is 17.8 Å². The van der Waals surface area contributed by atoms with Crippen LogP contribution in [-0.2, 0) is 21.5 Å². The highest BCUT2D eigenvalue weighted by molar-refractivity contribution is 6.09. The zero-order chi connectivity index (χ0) is 18.9. The first kappa shape index (κ1) is 18.0. The molecule has 1 aromatic rings. The minimum Gasteiger partial charge on any atom is -0.354 e. The molecule has 0 aromatic heterocycles. The number of urea groups is 1. The first-order chi connectivity index (χ1) is 13.1. The molecule has 4 rings (SSSR count). The predicted molar refractivity (Wildman–Crippen MR) is 101 cm³/mol. The van der Waals surface area contributed by atoms with E-state index in [1.165, 1.54) is 19.3 Å². The number of amides is 4. The fourth-order valence-corrected chi connectivity index (χ4v) is 4.80. The summed E-state index contributed by atoms with van der Waals surface area (Å²) in [6.45, 7) is 0.428. The van der Waals surface area contributed by atoms with E-state index in [0.29, 0.717) is 18.9 Å². The van der Waals surface area contributed by atoms with Crippen LogP contribution < -0.4 is 10.6 Å². The van der Waals surface area contributed by atoms with Crippen LogP contribution in [0.4, 0.5) is 4.79 Å². The molecule has 0 radical (unpaired) electrons. The minimum atomic E-state index is -1.00. The molecule has 27 heavy (non-hydrogen) atoms. The number of carbonyl (C=O) groups excluding carboxylic acids is 3. The van der Waals surface area contributed by atoms with Crippen LogP contribution in [0.15, 0.2) is 24.3 Å². The Morgan fingerprint density at radius 3 is 2.74 bits per heavy atom. The van der Waals surface area contributed by atoms with Gasteiger partial charge in [0.15, 0.2) is 0 Å². The summed E-state index contributed by atoms with van der Waals surface area (Å²) in [6, 6.07) is 7.30. The highest BCUT2D eigenvalue weighted by Gasteiger charge is 2.54. The van der Waals surface area contributed by atoms with E-state index in [2.05, 4.69) is 10.6 Å². The lowest BCUT2D eigenvalue weighted by atomic mass is 9.76. The van der Waals surface area contributed by atoms with Crippen LogP contribution >= 0.6 is 0 Å². The fourth-order valence-electron chi connectivity index (χ4n) is 4.80. The van der Waals surface area contributed by atoms with E-state index in [-0.39, 0.29) is 18.4 Å². The molecule has 1 saturated heterocycles. The molecule has 0 bridgehead atoms. The van der Waals surface area contributed by atoms with Crippen molar-refractivity contribution in [1.82, 2.24) is 15.5 Å². The summed E-state index contributed by atoms with van der Waals surface area (Å²) in [6.07, 6.45) is 8.32. The van der Waals surface area contributed by atoms with Crippen LogP contribution in [0.25, 0.3) is 0 Å². The highest BCUT2D eigenvalue weighted by Crippen LogP contribution is 2.39. The van der Waals surface area contributed by atoms with Crippen LogP contribution in [0, 0.1) is 5.92 Å². The number of nitrogens with zero attached hydrogens (tertiary/aromatic N) is 1. The number of benzene rings is 1. The second-order valence-electron chi connectivity index (χ2n) is 8.05. The number of rotatable bonds is 4. The molecule has 144 valence electrons. The summed E-state index contributed by atoms with van der Waals surface area (Å²) in [4.78, 5) is 39.1.